The molecular weight excluding hydrogens is 266 g/mol. The van der Waals surface area contributed by atoms with E-state index in [1.807, 2.05) is 0 Å². The van der Waals surface area contributed by atoms with Crippen LogP contribution < -0.4 is 5.32 Å². The predicted octanol–water partition coefficient (Wildman–Crippen LogP) is 3.44. The number of methoxy groups -OCH3 is 1. The lowest BCUT2D eigenvalue weighted by Gasteiger charge is -2.29. The molecule has 1 aliphatic rings. The first kappa shape index (κ1) is 16.4. The average molecular weight is 295 g/mol. The molecule has 1 saturated carbocycles. The molecule has 0 amide bonds. The molecule has 1 heterocycles. The summed E-state index contributed by atoms with van der Waals surface area (Å²) in [6.45, 7) is 9.49. The van der Waals surface area contributed by atoms with Crippen molar-refractivity contribution in [1.82, 2.24) is 15.5 Å². The van der Waals surface area contributed by atoms with Gasteiger partial charge in [0.2, 0.25) is 11.7 Å². The molecule has 0 bridgehead atoms. The lowest BCUT2D eigenvalue weighted by Crippen LogP contribution is -2.37. The van der Waals surface area contributed by atoms with Crippen molar-refractivity contribution < 1.29 is 9.26 Å². The zero-order valence-corrected chi connectivity index (χ0v) is 14.0. The van der Waals surface area contributed by atoms with Gasteiger partial charge in [-0.3, -0.25) is 0 Å². The lowest BCUT2D eigenvalue weighted by molar-refractivity contribution is 0.00718. The summed E-state index contributed by atoms with van der Waals surface area (Å²) in [4.78, 5) is 4.66. The smallest absolute Gasteiger partial charge is 0.231 e. The van der Waals surface area contributed by atoms with Crippen LogP contribution in [0.4, 0.5) is 0 Å². The summed E-state index contributed by atoms with van der Waals surface area (Å²) in [5, 5.41) is 7.74. The molecule has 0 aromatic carbocycles. The van der Waals surface area contributed by atoms with Crippen LogP contribution in [0.25, 0.3) is 0 Å². The highest BCUT2D eigenvalue weighted by atomic mass is 16.5. The molecule has 1 fully saturated rings. The summed E-state index contributed by atoms with van der Waals surface area (Å²) in [5.74, 6) is 1.76. The Bertz CT molecular complexity index is 437. The number of hydrogen-bond donors (Lipinski definition) is 1. The fourth-order valence-corrected chi connectivity index (χ4v) is 3.28. The highest BCUT2D eigenvalue weighted by Gasteiger charge is 2.34. The third kappa shape index (κ3) is 3.83. The van der Waals surface area contributed by atoms with Crippen molar-refractivity contribution >= 4 is 0 Å². The topological polar surface area (TPSA) is 60.2 Å². The summed E-state index contributed by atoms with van der Waals surface area (Å²) in [7, 11) is 1.70. The van der Waals surface area contributed by atoms with Crippen LogP contribution >= 0.6 is 0 Å². The van der Waals surface area contributed by atoms with E-state index in [1.165, 1.54) is 19.3 Å². The summed E-state index contributed by atoms with van der Waals surface area (Å²) in [5.41, 5.74) is -0.0521. The highest BCUT2D eigenvalue weighted by molar-refractivity contribution is 5.04. The van der Waals surface area contributed by atoms with Crippen molar-refractivity contribution in [3.8, 4) is 0 Å². The van der Waals surface area contributed by atoms with E-state index in [2.05, 4.69) is 43.2 Å². The Morgan fingerprint density at radius 3 is 2.67 bits per heavy atom. The van der Waals surface area contributed by atoms with Crippen LogP contribution in [0, 0.1) is 5.41 Å². The first-order valence-corrected chi connectivity index (χ1v) is 8.07. The molecule has 0 spiro atoms. The van der Waals surface area contributed by atoms with Crippen LogP contribution in [0.15, 0.2) is 4.52 Å². The van der Waals surface area contributed by atoms with Gasteiger partial charge in [-0.1, -0.05) is 45.7 Å². The molecule has 5 nitrogen and oxygen atoms in total. The molecule has 0 radical (unpaired) electrons. The van der Waals surface area contributed by atoms with E-state index in [1.54, 1.807) is 7.11 Å². The maximum absolute atomic E-state index is 5.58. The number of rotatable bonds is 5. The monoisotopic (exact) mass is 295 g/mol. The second kappa shape index (κ2) is 6.88. The number of nitrogens with zero attached hydrogens (tertiary/aromatic N) is 2. The van der Waals surface area contributed by atoms with Crippen LogP contribution in [0.5, 0.6) is 0 Å². The molecule has 0 saturated heterocycles. The Kier molecular flexibility index (Phi) is 5.38. The highest BCUT2D eigenvalue weighted by Crippen LogP contribution is 2.36. The third-order valence-electron chi connectivity index (χ3n) is 4.26. The van der Waals surface area contributed by atoms with Gasteiger partial charge in [-0.05, 0) is 24.8 Å². The van der Waals surface area contributed by atoms with Crippen molar-refractivity contribution in [2.75, 3.05) is 13.7 Å². The Morgan fingerprint density at radius 2 is 2.05 bits per heavy atom. The lowest BCUT2D eigenvalue weighted by atomic mass is 9.84. The normalized spacial score (nSPS) is 25.0. The number of nitrogens with one attached hydrogen (secondary N) is 1. The van der Waals surface area contributed by atoms with Gasteiger partial charge in [0.05, 0.1) is 5.92 Å². The zero-order chi connectivity index (χ0) is 15.5. The summed E-state index contributed by atoms with van der Waals surface area (Å²) >= 11 is 0. The Balaban J connectivity index is 2.17. The van der Waals surface area contributed by atoms with Gasteiger partial charge in [-0.15, -0.1) is 0 Å². The summed E-state index contributed by atoms with van der Waals surface area (Å²) in [6.07, 6.45) is 4.67. The number of likely N-dealkylation sites (N-methyl/N-ethyl adjacent to an activating group) is 1. The van der Waals surface area contributed by atoms with Gasteiger partial charge in [0, 0.05) is 13.2 Å². The van der Waals surface area contributed by atoms with Crippen LogP contribution in [0.3, 0.4) is 0 Å². The van der Waals surface area contributed by atoms with Crippen molar-refractivity contribution in [3.05, 3.63) is 11.7 Å². The Labute approximate surface area is 127 Å². The van der Waals surface area contributed by atoms with E-state index in [0.29, 0.717) is 17.8 Å². The van der Waals surface area contributed by atoms with Gasteiger partial charge >= 0.3 is 0 Å². The van der Waals surface area contributed by atoms with Gasteiger partial charge in [0.15, 0.2) is 0 Å². The van der Waals surface area contributed by atoms with Crippen LogP contribution in [-0.4, -0.2) is 29.8 Å². The van der Waals surface area contributed by atoms with E-state index >= 15 is 0 Å². The van der Waals surface area contributed by atoms with E-state index in [4.69, 9.17) is 9.26 Å². The van der Waals surface area contributed by atoms with Crippen molar-refractivity contribution in [2.45, 2.75) is 71.4 Å². The molecule has 3 unspecified atom stereocenters. The molecule has 5 heteroatoms. The second-order valence-electron chi connectivity index (χ2n) is 7.03. The number of ether oxygens (including phenoxy) is 1. The molecule has 3 atom stereocenters. The second-order valence-corrected chi connectivity index (χ2v) is 7.03. The SMILES string of the molecule is CCNC1CCCCC1c1nc(C(OC)C(C)(C)C)no1. The maximum Gasteiger partial charge on any atom is 0.231 e. The molecular formula is C16H29N3O2. The van der Waals surface area contributed by atoms with Gasteiger partial charge in [-0.2, -0.15) is 4.98 Å². The van der Waals surface area contributed by atoms with Crippen LogP contribution in [0.2, 0.25) is 0 Å². The first-order valence-electron chi connectivity index (χ1n) is 8.07. The first-order chi connectivity index (χ1) is 9.97. The minimum absolute atomic E-state index is 0.0521. The standard InChI is InChI=1S/C16H29N3O2/c1-6-17-12-10-8-7-9-11(12)15-18-14(19-21-15)13(20-5)16(2,3)4/h11-13,17H,6-10H2,1-5H3. The molecule has 21 heavy (non-hydrogen) atoms. The zero-order valence-electron chi connectivity index (χ0n) is 14.0. The molecule has 0 aliphatic heterocycles. The van der Waals surface area contributed by atoms with Gasteiger partial charge in [0.1, 0.15) is 6.10 Å². The van der Waals surface area contributed by atoms with Crippen LogP contribution in [-0.2, 0) is 4.74 Å². The molecule has 1 aromatic rings. The summed E-state index contributed by atoms with van der Waals surface area (Å²) < 4.78 is 11.2. The van der Waals surface area contributed by atoms with E-state index < -0.39 is 0 Å². The van der Waals surface area contributed by atoms with Gasteiger partial charge in [-0.25, -0.2) is 0 Å². The molecule has 1 aliphatic carbocycles. The Hall–Kier alpha value is -0.940. The Morgan fingerprint density at radius 1 is 1.33 bits per heavy atom. The maximum atomic E-state index is 5.58. The van der Waals surface area contributed by atoms with Crippen molar-refractivity contribution in [3.63, 3.8) is 0 Å². The van der Waals surface area contributed by atoms with Crippen molar-refractivity contribution in [2.24, 2.45) is 5.41 Å². The predicted molar refractivity (Wildman–Crippen MR) is 82.2 cm³/mol. The fourth-order valence-electron chi connectivity index (χ4n) is 3.28. The molecule has 2 rings (SSSR count). The quantitative estimate of drug-likeness (QED) is 0.901. The van der Waals surface area contributed by atoms with E-state index in [-0.39, 0.29) is 11.5 Å². The number of aromatic nitrogens is 2. The minimum atomic E-state index is -0.142. The average Bonchev–Trinajstić information content (AvgIpc) is 2.88. The fraction of sp³-hybridized carbons (Fsp3) is 0.875. The molecule has 1 N–H and O–H groups in total. The summed E-state index contributed by atoms with van der Waals surface area (Å²) in [6, 6.07) is 0.452. The van der Waals surface area contributed by atoms with Crippen molar-refractivity contribution in [1.29, 1.82) is 0 Å². The van der Waals surface area contributed by atoms with Crippen LogP contribution in [0.1, 0.15) is 77.1 Å². The van der Waals surface area contributed by atoms with E-state index in [0.717, 1.165) is 18.9 Å². The molecule has 120 valence electrons. The minimum Gasteiger partial charge on any atom is -0.373 e. The van der Waals surface area contributed by atoms with E-state index in [9.17, 15) is 0 Å². The largest absolute Gasteiger partial charge is 0.373 e. The third-order valence-corrected chi connectivity index (χ3v) is 4.26. The number of hydrogen-bond acceptors (Lipinski definition) is 5. The van der Waals surface area contributed by atoms with Gasteiger partial charge in [0.25, 0.3) is 0 Å². The molecule has 1 aromatic heterocycles. The van der Waals surface area contributed by atoms with Gasteiger partial charge < -0.3 is 14.6 Å².